The first-order valence-corrected chi connectivity index (χ1v) is 6.87. The van der Waals surface area contributed by atoms with Gasteiger partial charge in [0.25, 0.3) is 0 Å². The third-order valence-corrected chi connectivity index (χ3v) is 3.43. The van der Waals surface area contributed by atoms with Gasteiger partial charge in [0.15, 0.2) is 5.82 Å². The molecule has 0 aromatic carbocycles. The zero-order valence-electron chi connectivity index (χ0n) is 10.4. The fourth-order valence-corrected chi connectivity index (χ4v) is 1.68. The molecule has 1 aromatic heterocycles. The van der Waals surface area contributed by atoms with E-state index in [4.69, 9.17) is 0 Å². The number of anilines is 2. The topological polar surface area (TPSA) is 74.3 Å². The third kappa shape index (κ3) is 3.70. The minimum Gasteiger partial charge on any atom is -0.305 e. The Morgan fingerprint density at radius 2 is 1.89 bits per heavy atom. The van der Waals surface area contributed by atoms with Crippen molar-refractivity contribution in [1.82, 2.24) is 10.4 Å². The van der Waals surface area contributed by atoms with Crippen molar-refractivity contribution in [1.29, 1.82) is 0 Å². The molecule has 0 aliphatic rings. The third-order valence-electron chi connectivity index (χ3n) is 2.25. The molecule has 19 heavy (non-hydrogen) atoms. The normalized spacial score (nSPS) is 12.3. The minimum absolute atomic E-state index is 0.117. The Balaban J connectivity index is 3.31. The number of pyridine rings is 1. The lowest BCUT2D eigenvalue weighted by Crippen LogP contribution is -2.27. The quantitative estimate of drug-likeness (QED) is 0.813. The predicted octanol–water partition coefficient (Wildman–Crippen LogP) is 1.04. The molecule has 0 unspecified atom stereocenters. The highest BCUT2D eigenvalue weighted by Gasteiger charge is 2.35. The molecule has 108 valence electrons. The molecule has 1 aromatic rings. The molecule has 10 heteroatoms. The van der Waals surface area contributed by atoms with E-state index in [-0.39, 0.29) is 5.82 Å². The lowest BCUT2D eigenvalue weighted by molar-refractivity contribution is -0.137. The Bertz CT molecular complexity index is 559. The molecule has 1 rings (SSSR count). The van der Waals surface area contributed by atoms with Gasteiger partial charge < -0.3 is 5.43 Å². The molecule has 2 N–H and O–H groups in total. The lowest BCUT2D eigenvalue weighted by atomic mass is 10.2. The van der Waals surface area contributed by atoms with Gasteiger partial charge in [0.1, 0.15) is 5.82 Å². The van der Waals surface area contributed by atoms with E-state index >= 15 is 0 Å². The standard InChI is InChI=1S/C9H13F3N4O2S/c1-13-15-8-6(9(10,11)12)4-5-7(14-8)16(2)19(3,17)18/h4-5,13H,1-3H3,(H,14,15). The number of hydrogen-bond acceptors (Lipinski definition) is 5. The van der Waals surface area contributed by atoms with E-state index in [2.05, 4.69) is 15.8 Å². The molecule has 0 fully saturated rings. The summed E-state index contributed by atoms with van der Waals surface area (Å²) in [6.07, 6.45) is -3.66. The molecule has 0 saturated heterocycles. The maximum Gasteiger partial charge on any atom is 0.420 e. The van der Waals surface area contributed by atoms with Gasteiger partial charge >= 0.3 is 6.18 Å². The summed E-state index contributed by atoms with van der Waals surface area (Å²) in [4.78, 5) is 3.65. The first kappa shape index (κ1) is 15.5. The second-order valence-corrected chi connectivity index (χ2v) is 5.68. The first-order chi connectivity index (χ1) is 8.57. The summed E-state index contributed by atoms with van der Waals surface area (Å²) in [5, 5.41) is 0. The van der Waals surface area contributed by atoms with E-state index in [1.54, 1.807) is 0 Å². The van der Waals surface area contributed by atoms with E-state index < -0.39 is 27.6 Å². The van der Waals surface area contributed by atoms with Crippen LogP contribution in [0.5, 0.6) is 0 Å². The Hall–Kier alpha value is -1.55. The van der Waals surface area contributed by atoms with Gasteiger partial charge in [-0.1, -0.05) is 0 Å². The number of hydrogen-bond donors (Lipinski definition) is 2. The number of rotatable bonds is 4. The number of nitrogens with one attached hydrogen (secondary N) is 2. The van der Waals surface area contributed by atoms with Crippen molar-refractivity contribution in [2.45, 2.75) is 6.18 Å². The van der Waals surface area contributed by atoms with Gasteiger partial charge in [-0.05, 0) is 12.1 Å². The van der Waals surface area contributed by atoms with Crippen LogP contribution in [0.25, 0.3) is 0 Å². The maximum atomic E-state index is 12.7. The van der Waals surface area contributed by atoms with Crippen molar-refractivity contribution >= 4 is 21.7 Å². The predicted molar refractivity (Wildman–Crippen MR) is 65.2 cm³/mol. The lowest BCUT2D eigenvalue weighted by Gasteiger charge is -2.19. The van der Waals surface area contributed by atoms with Crippen LogP contribution in [0.15, 0.2) is 12.1 Å². The van der Waals surface area contributed by atoms with Crippen molar-refractivity contribution in [3.8, 4) is 0 Å². The smallest absolute Gasteiger partial charge is 0.305 e. The summed E-state index contributed by atoms with van der Waals surface area (Å²) < 4.78 is 61.5. The van der Waals surface area contributed by atoms with Crippen molar-refractivity contribution in [2.24, 2.45) is 0 Å². The van der Waals surface area contributed by atoms with Gasteiger partial charge in [0.2, 0.25) is 10.0 Å². The first-order valence-electron chi connectivity index (χ1n) is 5.02. The summed E-state index contributed by atoms with van der Waals surface area (Å²) in [6.45, 7) is 0. The highest BCUT2D eigenvalue weighted by atomic mass is 32.2. The number of hydrazine groups is 1. The Morgan fingerprint density at radius 3 is 2.32 bits per heavy atom. The highest BCUT2D eigenvalue weighted by molar-refractivity contribution is 7.92. The molecule has 0 atom stereocenters. The second kappa shape index (κ2) is 5.21. The molecule has 1 heterocycles. The van der Waals surface area contributed by atoms with Crippen LogP contribution in [0.1, 0.15) is 5.56 Å². The van der Waals surface area contributed by atoms with Crippen molar-refractivity contribution in [3.63, 3.8) is 0 Å². The molecule has 0 saturated carbocycles. The van der Waals surface area contributed by atoms with E-state index in [1.165, 1.54) is 14.1 Å². The van der Waals surface area contributed by atoms with Gasteiger partial charge in [-0.3, -0.25) is 4.31 Å². The van der Waals surface area contributed by atoms with Gasteiger partial charge in [0, 0.05) is 14.1 Å². The minimum atomic E-state index is -4.59. The fourth-order valence-electron chi connectivity index (χ4n) is 1.24. The van der Waals surface area contributed by atoms with E-state index in [1.807, 2.05) is 0 Å². The molecule has 0 amide bonds. The fraction of sp³-hybridized carbons (Fsp3) is 0.444. The Kier molecular flexibility index (Phi) is 4.25. The monoisotopic (exact) mass is 298 g/mol. The van der Waals surface area contributed by atoms with Crippen molar-refractivity contribution < 1.29 is 21.6 Å². The summed E-state index contributed by atoms with van der Waals surface area (Å²) in [6, 6.07) is 1.76. The van der Waals surface area contributed by atoms with Gasteiger partial charge in [-0.15, -0.1) is 0 Å². The molecule has 0 radical (unpaired) electrons. The van der Waals surface area contributed by atoms with Gasteiger partial charge in [-0.25, -0.2) is 18.8 Å². The average Bonchev–Trinajstić information content (AvgIpc) is 2.25. The van der Waals surface area contributed by atoms with Crippen LogP contribution in [0.4, 0.5) is 24.8 Å². The van der Waals surface area contributed by atoms with E-state index in [9.17, 15) is 21.6 Å². The Labute approximate surface area is 108 Å². The maximum absolute atomic E-state index is 12.7. The Morgan fingerprint density at radius 1 is 1.32 bits per heavy atom. The van der Waals surface area contributed by atoms with Crippen molar-refractivity contribution in [2.75, 3.05) is 30.1 Å². The number of aromatic nitrogens is 1. The van der Waals surface area contributed by atoms with Crippen LogP contribution < -0.4 is 15.2 Å². The highest BCUT2D eigenvalue weighted by Crippen LogP contribution is 2.34. The van der Waals surface area contributed by atoms with Gasteiger partial charge in [-0.2, -0.15) is 13.2 Å². The zero-order chi connectivity index (χ0) is 14.8. The summed E-state index contributed by atoms with van der Waals surface area (Å²) >= 11 is 0. The van der Waals surface area contributed by atoms with Crippen LogP contribution in [0, 0.1) is 0 Å². The van der Waals surface area contributed by atoms with Crippen LogP contribution in [0.3, 0.4) is 0 Å². The van der Waals surface area contributed by atoms with E-state index in [0.29, 0.717) is 0 Å². The molecular weight excluding hydrogens is 285 g/mol. The van der Waals surface area contributed by atoms with Gasteiger partial charge in [0.05, 0.1) is 11.8 Å². The van der Waals surface area contributed by atoms with E-state index in [0.717, 1.165) is 22.7 Å². The average molecular weight is 298 g/mol. The molecule has 0 aliphatic carbocycles. The molecule has 0 bridgehead atoms. The number of nitrogens with zero attached hydrogens (tertiary/aromatic N) is 2. The van der Waals surface area contributed by atoms with Crippen LogP contribution in [-0.4, -0.2) is 33.8 Å². The summed E-state index contributed by atoms with van der Waals surface area (Å²) in [7, 11) is -1.02. The van der Waals surface area contributed by atoms with Crippen LogP contribution >= 0.6 is 0 Å². The second-order valence-electron chi connectivity index (χ2n) is 3.67. The summed E-state index contributed by atoms with van der Waals surface area (Å²) in [5.74, 6) is -0.615. The van der Waals surface area contributed by atoms with Crippen LogP contribution in [-0.2, 0) is 16.2 Å². The zero-order valence-corrected chi connectivity index (χ0v) is 11.2. The molecule has 6 nitrogen and oxygen atoms in total. The van der Waals surface area contributed by atoms with Crippen molar-refractivity contribution in [3.05, 3.63) is 17.7 Å². The molecule has 0 spiro atoms. The SMILES string of the molecule is CNNc1nc(N(C)S(C)(=O)=O)ccc1C(F)(F)F. The summed E-state index contributed by atoms with van der Waals surface area (Å²) in [5.41, 5.74) is 3.55. The number of sulfonamides is 1. The number of halogens is 3. The number of alkyl halides is 3. The largest absolute Gasteiger partial charge is 0.420 e. The van der Waals surface area contributed by atoms with Crippen LogP contribution in [0.2, 0.25) is 0 Å². The molecule has 0 aliphatic heterocycles. The molecular formula is C9H13F3N4O2S.